The second-order valence-electron chi connectivity index (χ2n) is 5.55. The van der Waals surface area contributed by atoms with Crippen LogP contribution in [0.2, 0.25) is 0 Å². The van der Waals surface area contributed by atoms with Gasteiger partial charge >= 0.3 is 0 Å². The highest BCUT2D eigenvalue weighted by Crippen LogP contribution is 2.31. The van der Waals surface area contributed by atoms with Gasteiger partial charge in [0.2, 0.25) is 0 Å². The number of aromatic nitrogens is 1. The molecule has 1 unspecified atom stereocenters. The van der Waals surface area contributed by atoms with Crippen LogP contribution in [0.5, 0.6) is 0 Å². The Balaban J connectivity index is 1.98. The molecule has 0 aliphatic carbocycles. The second kappa shape index (κ2) is 7.38. The van der Waals surface area contributed by atoms with Crippen molar-refractivity contribution in [1.29, 1.82) is 0 Å². The van der Waals surface area contributed by atoms with E-state index in [0.29, 0.717) is 6.04 Å². The van der Waals surface area contributed by atoms with Crippen molar-refractivity contribution in [1.82, 2.24) is 15.2 Å². The Morgan fingerprint density at radius 3 is 2.55 bits per heavy atom. The third-order valence-corrected chi connectivity index (χ3v) is 5.31. The molecule has 2 rings (SSSR count). The van der Waals surface area contributed by atoms with Crippen LogP contribution in [0.3, 0.4) is 0 Å². The monoisotopic (exact) mass is 296 g/mol. The van der Waals surface area contributed by atoms with E-state index in [2.05, 4.69) is 42.8 Å². The molecule has 1 aromatic heterocycles. The largest absolute Gasteiger partial charge is 0.346 e. The molecule has 1 aliphatic heterocycles. The van der Waals surface area contributed by atoms with E-state index in [0.717, 1.165) is 19.6 Å². The van der Waals surface area contributed by atoms with Crippen molar-refractivity contribution >= 4 is 16.5 Å². The van der Waals surface area contributed by atoms with Crippen LogP contribution in [0.1, 0.15) is 43.8 Å². The molecule has 1 N–H and O–H groups in total. The maximum Gasteiger partial charge on any atom is 0.185 e. The second-order valence-corrected chi connectivity index (χ2v) is 6.56. The number of hydrogen-bond donors (Lipinski definition) is 1. The van der Waals surface area contributed by atoms with Crippen molar-refractivity contribution in [2.75, 3.05) is 44.2 Å². The van der Waals surface area contributed by atoms with Gasteiger partial charge < -0.3 is 10.2 Å². The number of nitrogens with zero attached hydrogens (tertiary/aromatic N) is 3. The predicted octanol–water partition coefficient (Wildman–Crippen LogP) is 2.65. The molecule has 0 saturated carbocycles. The lowest BCUT2D eigenvalue weighted by Gasteiger charge is -2.34. The summed E-state index contributed by atoms with van der Waals surface area (Å²) < 4.78 is 0. The minimum Gasteiger partial charge on any atom is -0.346 e. The highest BCUT2D eigenvalue weighted by Gasteiger charge is 2.21. The van der Waals surface area contributed by atoms with E-state index in [1.54, 1.807) is 0 Å². The Hall–Kier alpha value is -0.650. The lowest BCUT2D eigenvalue weighted by Crippen LogP contribution is -2.46. The summed E-state index contributed by atoms with van der Waals surface area (Å²) in [5.41, 5.74) is 1.19. The average Bonchev–Trinajstić information content (AvgIpc) is 2.82. The van der Waals surface area contributed by atoms with E-state index in [1.807, 2.05) is 11.3 Å². The van der Waals surface area contributed by atoms with Crippen molar-refractivity contribution in [3.05, 3.63) is 10.6 Å². The molecule has 0 aromatic carbocycles. The zero-order valence-electron chi connectivity index (χ0n) is 13.3. The fourth-order valence-corrected chi connectivity index (χ4v) is 3.95. The normalized spacial score (nSPS) is 18.5. The van der Waals surface area contributed by atoms with Crippen LogP contribution < -0.4 is 10.2 Å². The van der Waals surface area contributed by atoms with Gasteiger partial charge in [0, 0.05) is 37.1 Å². The molecule has 20 heavy (non-hydrogen) atoms. The van der Waals surface area contributed by atoms with Gasteiger partial charge in [0.1, 0.15) is 0 Å². The fourth-order valence-electron chi connectivity index (χ4n) is 2.81. The van der Waals surface area contributed by atoms with Crippen LogP contribution in [-0.4, -0.2) is 49.2 Å². The number of piperazine rings is 1. The first-order valence-corrected chi connectivity index (χ1v) is 8.65. The lowest BCUT2D eigenvalue weighted by molar-refractivity contribution is 0.258. The third kappa shape index (κ3) is 3.71. The first-order valence-electron chi connectivity index (χ1n) is 7.83. The Morgan fingerprint density at radius 1 is 1.25 bits per heavy atom. The molecule has 5 heteroatoms. The molecule has 114 valence electrons. The summed E-state index contributed by atoms with van der Waals surface area (Å²) in [6.45, 7) is 15.6. The number of hydrogen-bond acceptors (Lipinski definition) is 5. The summed E-state index contributed by atoms with van der Waals surface area (Å²) in [6, 6.07) is 0.410. The van der Waals surface area contributed by atoms with E-state index < -0.39 is 0 Å². The van der Waals surface area contributed by atoms with Gasteiger partial charge in [0.05, 0.1) is 5.69 Å². The van der Waals surface area contributed by atoms with Crippen molar-refractivity contribution in [2.24, 2.45) is 0 Å². The van der Waals surface area contributed by atoms with Gasteiger partial charge in [-0.2, -0.15) is 0 Å². The summed E-state index contributed by atoms with van der Waals surface area (Å²) in [4.78, 5) is 11.2. The molecule has 1 aliphatic rings. The third-order valence-electron chi connectivity index (χ3n) is 3.91. The molecule has 1 aromatic rings. The van der Waals surface area contributed by atoms with E-state index >= 15 is 0 Å². The summed E-state index contributed by atoms with van der Waals surface area (Å²) >= 11 is 1.86. The lowest BCUT2D eigenvalue weighted by atomic mass is 10.2. The number of anilines is 1. The topological polar surface area (TPSA) is 31.4 Å². The maximum absolute atomic E-state index is 4.79. The minimum absolute atomic E-state index is 0.410. The zero-order chi connectivity index (χ0) is 14.5. The highest BCUT2D eigenvalue weighted by atomic mass is 32.1. The SMILES string of the molecule is CCCN1CCN(c2nc(C)c(C(C)NCC)s2)CC1. The molecule has 0 amide bonds. The quantitative estimate of drug-likeness (QED) is 0.874. The molecule has 0 radical (unpaired) electrons. The van der Waals surface area contributed by atoms with Crippen LogP contribution in [0.15, 0.2) is 0 Å². The van der Waals surface area contributed by atoms with Crippen LogP contribution in [0.25, 0.3) is 0 Å². The Kier molecular flexibility index (Phi) is 5.81. The van der Waals surface area contributed by atoms with Crippen LogP contribution in [-0.2, 0) is 0 Å². The van der Waals surface area contributed by atoms with Gasteiger partial charge in [-0.1, -0.05) is 13.8 Å². The van der Waals surface area contributed by atoms with Crippen molar-refractivity contribution in [3.8, 4) is 0 Å². The molecular weight excluding hydrogens is 268 g/mol. The number of nitrogens with one attached hydrogen (secondary N) is 1. The molecular formula is C15H28N4S. The molecule has 1 saturated heterocycles. The minimum atomic E-state index is 0.410. The zero-order valence-corrected chi connectivity index (χ0v) is 14.1. The van der Waals surface area contributed by atoms with Gasteiger partial charge in [-0.3, -0.25) is 4.90 Å². The molecule has 1 atom stereocenters. The number of aryl methyl sites for hydroxylation is 1. The summed E-state index contributed by atoms with van der Waals surface area (Å²) in [6.07, 6.45) is 1.25. The molecule has 2 heterocycles. The predicted molar refractivity (Wildman–Crippen MR) is 87.9 cm³/mol. The smallest absolute Gasteiger partial charge is 0.185 e. The van der Waals surface area contributed by atoms with E-state index in [9.17, 15) is 0 Å². The molecule has 4 nitrogen and oxygen atoms in total. The van der Waals surface area contributed by atoms with Gasteiger partial charge in [-0.25, -0.2) is 4.98 Å². The Bertz CT molecular complexity index is 410. The Labute approximate surface area is 127 Å². The van der Waals surface area contributed by atoms with Crippen LogP contribution in [0.4, 0.5) is 5.13 Å². The van der Waals surface area contributed by atoms with Gasteiger partial charge in [-0.05, 0) is 33.4 Å². The highest BCUT2D eigenvalue weighted by molar-refractivity contribution is 7.15. The maximum atomic E-state index is 4.79. The molecule has 1 fully saturated rings. The van der Waals surface area contributed by atoms with Crippen molar-refractivity contribution in [3.63, 3.8) is 0 Å². The van der Waals surface area contributed by atoms with Crippen LogP contribution in [0, 0.1) is 6.92 Å². The number of thiazole rings is 1. The molecule has 0 spiro atoms. The van der Waals surface area contributed by atoms with E-state index in [4.69, 9.17) is 4.98 Å². The fraction of sp³-hybridized carbons (Fsp3) is 0.800. The van der Waals surface area contributed by atoms with Crippen molar-refractivity contribution < 1.29 is 0 Å². The first kappa shape index (κ1) is 15.7. The standard InChI is InChI=1S/C15H28N4S/c1-5-7-18-8-10-19(11-9-18)15-17-13(4)14(20-15)12(3)16-6-2/h12,16H,5-11H2,1-4H3. The number of rotatable bonds is 6. The van der Waals surface area contributed by atoms with Crippen molar-refractivity contribution in [2.45, 2.75) is 40.2 Å². The summed E-state index contributed by atoms with van der Waals surface area (Å²) in [5.74, 6) is 0. The van der Waals surface area contributed by atoms with E-state index in [-0.39, 0.29) is 0 Å². The summed E-state index contributed by atoms with van der Waals surface area (Å²) in [5, 5.41) is 4.69. The molecule has 0 bridgehead atoms. The first-order chi connectivity index (χ1) is 9.65. The van der Waals surface area contributed by atoms with Gasteiger partial charge in [0.15, 0.2) is 5.13 Å². The van der Waals surface area contributed by atoms with Gasteiger partial charge in [-0.15, -0.1) is 11.3 Å². The van der Waals surface area contributed by atoms with Crippen LogP contribution >= 0.6 is 11.3 Å². The average molecular weight is 296 g/mol. The Morgan fingerprint density at radius 2 is 1.95 bits per heavy atom. The van der Waals surface area contributed by atoms with Gasteiger partial charge in [0.25, 0.3) is 0 Å². The van der Waals surface area contributed by atoms with E-state index in [1.165, 1.54) is 41.8 Å². The summed E-state index contributed by atoms with van der Waals surface area (Å²) in [7, 11) is 0.